The molecule has 14 heavy (non-hydrogen) atoms. The Bertz CT molecular complexity index is 312. The standard InChI is InChI=1S/C10H14N4/c1-3-7-14(8-4-2)9-5-6-12-10(11)13-9/h3-6H,1-2,7-8H2,(H2,11,12,13). The van der Waals surface area contributed by atoms with Gasteiger partial charge in [-0.05, 0) is 6.07 Å². The summed E-state index contributed by atoms with van der Waals surface area (Å²) >= 11 is 0. The van der Waals surface area contributed by atoms with Crippen molar-refractivity contribution in [2.45, 2.75) is 0 Å². The lowest BCUT2D eigenvalue weighted by atomic mass is 10.4. The van der Waals surface area contributed by atoms with Gasteiger partial charge in [0.1, 0.15) is 5.82 Å². The summed E-state index contributed by atoms with van der Waals surface area (Å²) in [6.07, 6.45) is 5.25. The predicted molar refractivity (Wildman–Crippen MR) is 59.1 cm³/mol. The first kappa shape index (κ1) is 10.2. The van der Waals surface area contributed by atoms with Crippen LogP contribution < -0.4 is 10.6 Å². The molecule has 0 aromatic carbocycles. The number of nitrogen functional groups attached to an aromatic ring is 1. The Kier molecular flexibility index (Phi) is 3.67. The molecule has 0 bridgehead atoms. The lowest BCUT2D eigenvalue weighted by Gasteiger charge is -2.19. The average Bonchev–Trinajstić information content (AvgIpc) is 2.17. The lowest BCUT2D eigenvalue weighted by Crippen LogP contribution is -2.24. The van der Waals surface area contributed by atoms with E-state index in [1.807, 2.05) is 23.1 Å². The van der Waals surface area contributed by atoms with Gasteiger partial charge in [-0.1, -0.05) is 12.2 Å². The number of rotatable bonds is 5. The van der Waals surface area contributed by atoms with Crippen molar-refractivity contribution < 1.29 is 0 Å². The van der Waals surface area contributed by atoms with Gasteiger partial charge in [0.15, 0.2) is 0 Å². The van der Waals surface area contributed by atoms with Crippen LogP contribution in [0.1, 0.15) is 0 Å². The molecule has 0 spiro atoms. The SMILES string of the molecule is C=CCN(CC=C)c1ccnc(N)n1. The van der Waals surface area contributed by atoms with Gasteiger partial charge in [-0.2, -0.15) is 4.98 Å². The van der Waals surface area contributed by atoms with Gasteiger partial charge in [0.05, 0.1) is 0 Å². The van der Waals surface area contributed by atoms with E-state index in [9.17, 15) is 0 Å². The van der Waals surface area contributed by atoms with Gasteiger partial charge >= 0.3 is 0 Å². The second-order valence-electron chi connectivity index (χ2n) is 2.76. The molecule has 1 heterocycles. The molecule has 0 amide bonds. The minimum atomic E-state index is 0.278. The topological polar surface area (TPSA) is 55.0 Å². The molecule has 0 aliphatic rings. The summed E-state index contributed by atoms with van der Waals surface area (Å²) in [4.78, 5) is 9.94. The summed E-state index contributed by atoms with van der Waals surface area (Å²) in [6, 6.07) is 1.81. The fourth-order valence-electron chi connectivity index (χ4n) is 1.11. The second kappa shape index (κ2) is 5.01. The molecule has 1 aromatic rings. The van der Waals surface area contributed by atoms with Gasteiger partial charge in [-0.15, -0.1) is 13.2 Å². The van der Waals surface area contributed by atoms with E-state index in [4.69, 9.17) is 5.73 Å². The number of anilines is 2. The van der Waals surface area contributed by atoms with Crippen molar-refractivity contribution >= 4 is 11.8 Å². The van der Waals surface area contributed by atoms with Gasteiger partial charge < -0.3 is 10.6 Å². The lowest BCUT2D eigenvalue weighted by molar-refractivity contribution is 0.920. The van der Waals surface area contributed by atoms with Crippen molar-refractivity contribution in [2.24, 2.45) is 0 Å². The van der Waals surface area contributed by atoms with Crippen LogP contribution in [0.3, 0.4) is 0 Å². The van der Waals surface area contributed by atoms with E-state index in [2.05, 4.69) is 23.1 Å². The first-order valence-corrected chi connectivity index (χ1v) is 4.33. The van der Waals surface area contributed by atoms with Crippen LogP contribution in [-0.4, -0.2) is 23.1 Å². The van der Waals surface area contributed by atoms with Crippen molar-refractivity contribution in [3.8, 4) is 0 Å². The van der Waals surface area contributed by atoms with Gasteiger partial charge in [-0.3, -0.25) is 0 Å². The number of nitrogens with zero attached hydrogens (tertiary/aromatic N) is 3. The third-order valence-electron chi connectivity index (χ3n) is 1.68. The van der Waals surface area contributed by atoms with Gasteiger partial charge in [-0.25, -0.2) is 4.98 Å². The molecule has 2 N–H and O–H groups in total. The molecule has 0 aliphatic heterocycles. The summed E-state index contributed by atoms with van der Waals surface area (Å²) in [6.45, 7) is 8.78. The number of hydrogen-bond acceptors (Lipinski definition) is 4. The zero-order valence-electron chi connectivity index (χ0n) is 8.06. The van der Waals surface area contributed by atoms with Crippen LogP contribution in [0.2, 0.25) is 0 Å². The molecule has 4 nitrogen and oxygen atoms in total. The highest BCUT2D eigenvalue weighted by Crippen LogP contribution is 2.10. The number of aromatic nitrogens is 2. The predicted octanol–water partition coefficient (Wildman–Crippen LogP) is 1.24. The van der Waals surface area contributed by atoms with E-state index in [-0.39, 0.29) is 5.95 Å². The molecule has 0 saturated heterocycles. The molecule has 1 rings (SSSR count). The quantitative estimate of drug-likeness (QED) is 0.710. The molecule has 0 unspecified atom stereocenters. The van der Waals surface area contributed by atoms with Crippen LogP contribution >= 0.6 is 0 Å². The molecule has 0 saturated carbocycles. The average molecular weight is 190 g/mol. The normalized spacial score (nSPS) is 9.43. The molecule has 4 heteroatoms. The largest absolute Gasteiger partial charge is 0.368 e. The van der Waals surface area contributed by atoms with Crippen molar-refractivity contribution in [1.29, 1.82) is 0 Å². The summed E-state index contributed by atoms with van der Waals surface area (Å²) in [5.41, 5.74) is 5.49. The van der Waals surface area contributed by atoms with E-state index in [1.165, 1.54) is 0 Å². The first-order chi connectivity index (χ1) is 6.77. The molecular formula is C10H14N4. The zero-order valence-corrected chi connectivity index (χ0v) is 8.06. The summed E-state index contributed by atoms with van der Waals surface area (Å²) in [5.74, 6) is 1.07. The summed E-state index contributed by atoms with van der Waals surface area (Å²) in [5, 5.41) is 0. The fraction of sp³-hybridized carbons (Fsp3) is 0.200. The maximum atomic E-state index is 5.49. The number of nitrogens with two attached hydrogens (primary N) is 1. The Hall–Kier alpha value is -1.84. The molecule has 0 fully saturated rings. The molecule has 0 radical (unpaired) electrons. The number of hydrogen-bond donors (Lipinski definition) is 1. The van der Waals surface area contributed by atoms with Crippen molar-refractivity contribution in [1.82, 2.24) is 9.97 Å². The molecule has 1 aromatic heterocycles. The Balaban J connectivity index is 2.85. The Morgan fingerprint density at radius 3 is 2.50 bits per heavy atom. The van der Waals surface area contributed by atoms with Crippen LogP contribution in [0.15, 0.2) is 37.6 Å². The highest BCUT2D eigenvalue weighted by atomic mass is 15.2. The Morgan fingerprint density at radius 1 is 1.36 bits per heavy atom. The monoisotopic (exact) mass is 190 g/mol. The highest BCUT2D eigenvalue weighted by Gasteiger charge is 2.04. The van der Waals surface area contributed by atoms with E-state index < -0.39 is 0 Å². The molecule has 0 atom stereocenters. The smallest absolute Gasteiger partial charge is 0.221 e. The zero-order chi connectivity index (χ0) is 10.4. The van der Waals surface area contributed by atoms with E-state index in [0.717, 1.165) is 5.82 Å². The molecule has 74 valence electrons. The summed E-state index contributed by atoms with van der Waals surface area (Å²) in [7, 11) is 0. The maximum absolute atomic E-state index is 5.49. The second-order valence-corrected chi connectivity index (χ2v) is 2.76. The van der Waals surface area contributed by atoms with Crippen molar-refractivity contribution in [3.63, 3.8) is 0 Å². The van der Waals surface area contributed by atoms with Gasteiger partial charge in [0.25, 0.3) is 0 Å². The van der Waals surface area contributed by atoms with Crippen LogP contribution in [-0.2, 0) is 0 Å². The van der Waals surface area contributed by atoms with Crippen molar-refractivity contribution in [2.75, 3.05) is 23.7 Å². The highest BCUT2D eigenvalue weighted by molar-refractivity contribution is 5.42. The van der Waals surface area contributed by atoms with Crippen LogP contribution in [0, 0.1) is 0 Å². The van der Waals surface area contributed by atoms with E-state index in [1.54, 1.807) is 6.20 Å². The van der Waals surface area contributed by atoms with Crippen molar-refractivity contribution in [3.05, 3.63) is 37.6 Å². The Labute approximate surface area is 83.8 Å². The minimum Gasteiger partial charge on any atom is -0.368 e. The molecular weight excluding hydrogens is 176 g/mol. The fourth-order valence-corrected chi connectivity index (χ4v) is 1.11. The maximum Gasteiger partial charge on any atom is 0.221 e. The third kappa shape index (κ3) is 2.58. The first-order valence-electron chi connectivity index (χ1n) is 4.33. The van der Waals surface area contributed by atoms with E-state index in [0.29, 0.717) is 13.1 Å². The van der Waals surface area contributed by atoms with Gasteiger partial charge in [0.2, 0.25) is 5.95 Å². The van der Waals surface area contributed by atoms with Crippen LogP contribution in [0.25, 0.3) is 0 Å². The summed E-state index contributed by atoms with van der Waals surface area (Å²) < 4.78 is 0. The minimum absolute atomic E-state index is 0.278. The molecule has 0 aliphatic carbocycles. The van der Waals surface area contributed by atoms with E-state index >= 15 is 0 Å². The van der Waals surface area contributed by atoms with Gasteiger partial charge in [0, 0.05) is 19.3 Å². The third-order valence-corrected chi connectivity index (χ3v) is 1.68. The Morgan fingerprint density at radius 2 is 2.00 bits per heavy atom. The van der Waals surface area contributed by atoms with Crippen LogP contribution in [0.4, 0.5) is 11.8 Å². The van der Waals surface area contributed by atoms with Crippen LogP contribution in [0.5, 0.6) is 0 Å².